The first-order valence-corrected chi connectivity index (χ1v) is 7.96. The van der Waals surface area contributed by atoms with Gasteiger partial charge in [-0.1, -0.05) is 25.1 Å². The zero-order chi connectivity index (χ0) is 18.0. The van der Waals surface area contributed by atoms with Crippen LogP contribution in [0.15, 0.2) is 24.3 Å². The Hall–Kier alpha value is -1.76. The quantitative estimate of drug-likeness (QED) is 0.797. The van der Waals surface area contributed by atoms with Gasteiger partial charge < -0.3 is 15.2 Å². The zero-order valence-corrected chi connectivity index (χ0v) is 13.7. The lowest BCUT2D eigenvalue weighted by molar-refractivity contribution is -0.274. The Kier molecular flexibility index (Phi) is 5.42. The second kappa shape index (κ2) is 7.01. The lowest BCUT2D eigenvalue weighted by Gasteiger charge is -2.29. The van der Waals surface area contributed by atoms with Crippen molar-refractivity contribution in [3.63, 3.8) is 0 Å². The summed E-state index contributed by atoms with van der Waals surface area (Å²) in [5, 5.41) is 12.0. The van der Waals surface area contributed by atoms with Crippen LogP contribution in [-0.4, -0.2) is 29.5 Å². The van der Waals surface area contributed by atoms with E-state index < -0.39 is 11.9 Å². The highest BCUT2D eigenvalue weighted by Crippen LogP contribution is 2.51. The molecule has 0 bridgehead atoms. The molecule has 24 heavy (non-hydrogen) atoms. The number of para-hydroxylation sites is 1. The summed E-state index contributed by atoms with van der Waals surface area (Å²) in [5.74, 6) is -1.09. The molecule has 0 radical (unpaired) electrons. The molecule has 0 spiro atoms. The Morgan fingerprint density at radius 3 is 2.62 bits per heavy atom. The molecule has 1 aliphatic rings. The van der Waals surface area contributed by atoms with Crippen LogP contribution in [0.4, 0.5) is 13.2 Å². The monoisotopic (exact) mass is 345 g/mol. The Balaban J connectivity index is 2.06. The van der Waals surface area contributed by atoms with Crippen LogP contribution in [0.5, 0.6) is 5.75 Å². The van der Waals surface area contributed by atoms with Crippen molar-refractivity contribution in [2.24, 2.45) is 5.92 Å². The van der Waals surface area contributed by atoms with E-state index in [1.54, 1.807) is 12.1 Å². The van der Waals surface area contributed by atoms with E-state index in [4.69, 9.17) is 5.11 Å². The van der Waals surface area contributed by atoms with Gasteiger partial charge in [-0.3, -0.25) is 4.79 Å². The maximum Gasteiger partial charge on any atom is 0.573 e. The number of hydrogen-bond acceptors (Lipinski definition) is 3. The molecular formula is C17H22F3NO3. The van der Waals surface area contributed by atoms with E-state index in [-0.39, 0.29) is 30.1 Å². The fraction of sp³-hybridized carbons (Fsp3) is 0.588. The predicted octanol–water partition coefficient (Wildman–Crippen LogP) is 3.36. The van der Waals surface area contributed by atoms with E-state index >= 15 is 0 Å². The van der Waals surface area contributed by atoms with Crippen molar-refractivity contribution in [1.82, 2.24) is 5.32 Å². The highest BCUT2D eigenvalue weighted by Gasteiger charge is 2.47. The number of ether oxygens (including phenoxy) is 1. The number of amides is 1. The molecule has 1 fully saturated rings. The molecule has 1 aromatic carbocycles. The van der Waals surface area contributed by atoms with Gasteiger partial charge in [-0.2, -0.15) is 0 Å². The number of alkyl halides is 3. The van der Waals surface area contributed by atoms with Crippen LogP contribution in [-0.2, 0) is 4.79 Å². The minimum absolute atomic E-state index is 0.0407. The summed E-state index contributed by atoms with van der Waals surface area (Å²) in [5.41, 5.74) is -0.114. The van der Waals surface area contributed by atoms with Crippen molar-refractivity contribution < 1.29 is 27.8 Å². The molecule has 1 amide bonds. The number of aliphatic hydroxyl groups is 1. The molecular weight excluding hydrogens is 323 g/mol. The van der Waals surface area contributed by atoms with Crippen molar-refractivity contribution in [1.29, 1.82) is 0 Å². The number of carbonyl (C=O) groups excluding carboxylic acids is 1. The molecule has 3 atom stereocenters. The van der Waals surface area contributed by atoms with E-state index in [0.29, 0.717) is 24.8 Å². The van der Waals surface area contributed by atoms with Crippen molar-refractivity contribution in [3.8, 4) is 5.75 Å². The number of benzene rings is 1. The van der Waals surface area contributed by atoms with Gasteiger partial charge in [-0.05, 0) is 43.7 Å². The van der Waals surface area contributed by atoms with Crippen LogP contribution >= 0.6 is 0 Å². The fourth-order valence-electron chi connectivity index (χ4n) is 2.80. The van der Waals surface area contributed by atoms with Gasteiger partial charge in [-0.15, -0.1) is 13.2 Å². The average Bonchev–Trinajstić information content (AvgIpc) is 3.27. The first kappa shape index (κ1) is 18.6. The highest BCUT2D eigenvalue weighted by atomic mass is 19.4. The number of halogens is 3. The fourth-order valence-corrected chi connectivity index (χ4v) is 2.80. The molecule has 0 heterocycles. The molecule has 1 aliphatic carbocycles. The molecule has 0 aromatic heterocycles. The van der Waals surface area contributed by atoms with Gasteiger partial charge >= 0.3 is 6.36 Å². The molecule has 1 aromatic rings. The number of hydrogen-bond donors (Lipinski definition) is 2. The van der Waals surface area contributed by atoms with Crippen LogP contribution in [0.2, 0.25) is 0 Å². The molecule has 2 rings (SSSR count). The maximum atomic E-state index is 12.5. The smallest absolute Gasteiger partial charge is 0.405 e. The van der Waals surface area contributed by atoms with E-state index in [1.807, 2.05) is 13.8 Å². The summed E-state index contributed by atoms with van der Waals surface area (Å²) in [4.78, 5) is 12.4. The highest BCUT2D eigenvalue weighted by molar-refractivity contribution is 5.83. The van der Waals surface area contributed by atoms with Gasteiger partial charge in [0.15, 0.2) is 0 Å². The summed E-state index contributed by atoms with van der Waals surface area (Å²) in [6.45, 7) is 3.72. The third-order valence-electron chi connectivity index (χ3n) is 4.54. The van der Waals surface area contributed by atoms with E-state index in [0.717, 1.165) is 0 Å². The van der Waals surface area contributed by atoms with E-state index in [9.17, 15) is 18.0 Å². The lowest BCUT2D eigenvalue weighted by atomic mass is 9.94. The molecule has 3 unspecified atom stereocenters. The van der Waals surface area contributed by atoms with Crippen LogP contribution in [0.1, 0.15) is 44.6 Å². The SMILES string of the molecule is CCC(C)(CCO)NC(=O)C1CC1c1ccccc1OC(F)(F)F. The van der Waals surface area contributed by atoms with Crippen LogP contribution in [0.3, 0.4) is 0 Å². The standard InChI is InChI=1S/C17H22F3NO3/c1-3-16(2,8-9-22)21-15(23)13-10-12(13)11-6-4-5-7-14(11)24-17(18,19)20/h4-7,12-13,22H,3,8-10H2,1-2H3,(H,21,23). The minimum atomic E-state index is -4.76. The third kappa shape index (κ3) is 4.63. The summed E-state index contributed by atoms with van der Waals surface area (Å²) >= 11 is 0. The molecule has 0 aliphatic heterocycles. The van der Waals surface area contributed by atoms with Crippen LogP contribution in [0.25, 0.3) is 0 Å². The van der Waals surface area contributed by atoms with Crippen LogP contribution < -0.4 is 10.1 Å². The Morgan fingerprint density at radius 1 is 1.38 bits per heavy atom. The van der Waals surface area contributed by atoms with E-state index in [1.165, 1.54) is 12.1 Å². The summed E-state index contributed by atoms with van der Waals surface area (Å²) in [6.07, 6.45) is -3.18. The molecule has 134 valence electrons. The van der Waals surface area contributed by atoms with E-state index in [2.05, 4.69) is 10.1 Å². The van der Waals surface area contributed by atoms with Gasteiger partial charge in [-0.25, -0.2) is 0 Å². The summed E-state index contributed by atoms with van der Waals surface area (Å²) in [7, 11) is 0. The second-order valence-electron chi connectivity index (χ2n) is 6.41. The van der Waals surface area contributed by atoms with Crippen molar-refractivity contribution in [3.05, 3.63) is 29.8 Å². The van der Waals surface area contributed by atoms with Gasteiger partial charge in [0.05, 0.1) is 0 Å². The third-order valence-corrected chi connectivity index (χ3v) is 4.54. The minimum Gasteiger partial charge on any atom is -0.405 e. The summed E-state index contributed by atoms with van der Waals surface area (Å²) < 4.78 is 41.5. The zero-order valence-electron chi connectivity index (χ0n) is 13.7. The van der Waals surface area contributed by atoms with Gasteiger partial charge in [0, 0.05) is 18.1 Å². The molecule has 1 saturated carbocycles. The lowest BCUT2D eigenvalue weighted by Crippen LogP contribution is -2.47. The number of carbonyl (C=O) groups is 1. The van der Waals surface area contributed by atoms with Gasteiger partial charge in [0.2, 0.25) is 5.91 Å². The topological polar surface area (TPSA) is 58.6 Å². The normalized spacial score (nSPS) is 22.6. The predicted molar refractivity (Wildman–Crippen MR) is 82.5 cm³/mol. The Morgan fingerprint density at radius 2 is 2.04 bits per heavy atom. The van der Waals surface area contributed by atoms with Crippen molar-refractivity contribution in [2.75, 3.05) is 6.61 Å². The van der Waals surface area contributed by atoms with Crippen molar-refractivity contribution >= 4 is 5.91 Å². The molecule has 2 N–H and O–H groups in total. The molecule has 4 nitrogen and oxygen atoms in total. The number of aliphatic hydroxyl groups excluding tert-OH is 1. The first-order valence-electron chi connectivity index (χ1n) is 7.96. The summed E-state index contributed by atoms with van der Waals surface area (Å²) in [6, 6.07) is 5.93. The largest absolute Gasteiger partial charge is 0.573 e. The Bertz CT molecular complexity index is 591. The van der Waals surface area contributed by atoms with Crippen LogP contribution in [0, 0.1) is 5.92 Å². The molecule has 0 saturated heterocycles. The Labute approximate surface area is 139 Å². The van der Waals surface area contributed by atoms with Gasteiger partial charge in [0.1, 0.15) is 5.75 Å². The second-order valence-corrected chi connectivity index (χ2v) is 6.41. The van der Waals surface area contributed by atoms with Crippen molar-refractivity contribution in [2.45, 2.75) is 50.9 Å². The first-order chi connectivity index (χ1) is 11.2. The average molecular weight is 345 g/mol. The number of rotatable bonds is 7. The number of nitrogens with one attached hydrogen (secondary N) is 1. The molecule has 7 heteroatoms. The maximum absolute atomic E-state index is 12.5. The van der Waals surface area contributed by atoms with Gasteiger partial charge in [0.25, 0.3) is 0 Å².